The second kappa shape index (κ2) is 5.50. The van der Waals surface area contributed by atoms with Crippen LogP contribution in [-0.2, 0) is 10.9 Å². The number of nitrogens with one attached hydrogen (secondary N) is 1. The molecule has 0 spiro atoms. The van der Waals surface area contributed by atoms with E-state index in [0.717, 1.165) is 6.07 Å². The average Bonchev–Trinajstić information content (AvgIpc) is 2.79. The first kappa shape index (κ1) is 14.3. The third-order valence-electron chi connectivity index (χ3n) is 2.80. The van der Waals surface area contributed by atoms with E-state index in [1.807, 2.05) is 0 Å². The number of hydrogen-bond acceptors (Lipinski definition) is 2. The summed E-state index contributed by atoms with van der Waals surface area (Å²) in [5, 5.41) is 2.71. The largest absolute Gasteiger partial charge is 0.417 e. The monoisotopic (exact) mass is 337 g/mol. The van der Waals surface area contributed by atoms with Crippen LogP contribution in [0.1, 0.15) is 22.3 Å². The Labute approximate surface area is 116 Å². The Balaban J connectivity index is 2.12. The summed E-state index contributed by atoms with van der Waals surface area (Å²) in [6.45, 7) is 1.02. The number of rotatable bonds is 2. The van der Waals surface area contributed by atoms with E-state index in [9.17, 15) is 18.0 Å². The Hall–Kier alpha value is -1.08. The van der Waals surface area contributed by atoms with Crippen molar-refractivity contribution < 1.29 is 22.7 Å². The van der Waals surface area contributed by atoms with Gasteiger partial charge in [0.2, 0.25) is 0 Å². The summed E-state index contributed by atoms with van der Waals surface area (Å²) in [6, 6.07) is 3.16. The number of hydrogen-bond donors (Lipinski definition) is 1. The lowest BCUT2D eigenvalue weighted by atomic mass is 10.1. The Morgan fingerprint density at radius 1 is 1.42 bits per heavy atom. The molecule has 1 heterocycles. The quantitative estimate of drug-likeness (QED) is 0.900. The van der Waals surface area contributed by atoms with E-state index < -0.39 is 17.6 Å². The number of benzene rings is 1. The first-order valence-electron chi connectivity index (χ1n) is 5.63. The molecule has 0 saturated carbocycles. The first-order chi connectivity index (χ1) is 8.88. The van der Waals surface area contributed by atoms with Crippen molar-refractivity contribution in [2.24, 2.45) is 0 Å². The molecule has 1 atom stereocenters. The minimum atomic E-state index is -4.44. The Bertz CT molecular complexity index is 484. The van der Waals surface area contributed by atoms with E-state index in [1.54, 1.807) is 0 Å². The summed E-state index contributed by atoms with van der Waals surface area (Å²) < 4.78 is 42.7. The van der Waals surface area contributed by atoms with Gasteiger partial charge in [0, 0.05) is 16.6 Å². The van der Waals surface area contributed by atoms with Crippen molar-refractivity contribution in [3.63, 3.8) is 0 Å². The normalized spacial score (nSPS) is 19.5. The molecule has 7 heteroatoms. The predicted octanol–water partition coefficient (Wildman–Crippen LogP) is 2.99. The van der Waals surface area contributed by atoms with Crippen molar-refractivity contribution in [3.05, 3.63) is 33.8 Å². The molecule has 1 N–H and O–H groups in total. The van der Waals surface area contributed by atoms with Gasteiger partial charge in [0.25, 0.3) is 5.91 Å². The molecular weight excluding hydrogens is 327 g/mol. The zero-order valence-electron chi connectivity index (χ0n) is 9.76. The maximum Gasteiger partial charge on any atom is 0.417 e. The summed E-state index contributed by atoms with van der Waals surface area (Å²) in [7, 11) is 0. The lowest BCUT2D eigenvalue weighted by Gasteiger charge is -2.13. The van der Waals surface area contributed by atoms with E-state index in [0.29, 0.717) is 19.6 Å². The Morgan fingerprint density at radius 3 is 2.68 bits per heavy atom. The number of amides is 1. The molecule has 0 aromatic heterocycles. The first-order valence-corrected chi connectivity index (χ1v) is 6.42. The van der Waals surface area contributed by atoms with E-state index in [-0.39, 0.29) is 16.1 Å². The van der Waals surface area contributed by atoms with Gasteiger partial charge in [-0.05, 0) is 24.6 Å². The Kier molecular flexibility index (Phi) is 4.15. The molecule has 3 nitrogen and oxygen atoms in total. The van der Waals surface area contributed by atoms with Gasteiger partial charge in [-0.2, -0.15) is 13.2 Å². The van der Waals surface area contributed by atoms with Gasteiger partial charge in [-0.3, -0.25) is 4.79 Å². The Morgan fingerprint density at radius 2 is 2.16 bits per heavy atom. The van der Waals surface area contributed by atoms with Crippen molar-refractivity contribution in [3.8, 4) is 0 Å². The highest BCUT2D eigenvalue weighted by Crippen LogP contribution is 2.35. The van der Waals surface area contributed by atoms with Gasteiger partial charge in [0.05, 0.1) is 18.2 Å². The van der Waals surface area contributed by atoms with Crippen LogP contribution in [-0.4, -0.2) is 25.2 Å². The predicted molar refractivity (Wildman–Crippen MR) is 65.8 cm³/mol. The summed E-state index contributed by atoms with van der Waals surface area (Å²) in [5.74, 6) is -0.398. The minimum absolute atomic E-state index is 0.0754. The SMILES string of the molecule is O=C(NC1CCOC1)c1ccc(C(F)(F)F)c(Br)c1. The number of carbonyl (C=O) groups is 1. The standard InChI is InChI=1S/C12H11BrF3NO2/c13-10-5-7(1-2-9(10)12(14,15)16)11(18)17-8-3-4-19-6-8/h1-2,5,8H,3-4,6H2,(H,17,18). The molecule has 0 bridgehead atoms. The smallest absolute Gasteiger partial charge is 0.379 e. The fraction of sp³-hybridized carbons (Fsp3) is 0.417. The third-order valence-corrected chi connectivity index (χ3v) is 3.46. The van der Waals surface area contributed by atoms with E-state index in [2.05, 4.69) is 21.2 Å². The second-order valence-electron chi connectivity index (χ2n) is 4.23. The summed E-state index contributed by atoms with van der Waals surface area (Å²) in [4.78, 5) is 11.8. The molecule has 1 aliphatic heterocycles. The van der Waals surface area contributed by atoms with Crippen molar-refractivity contribution >= 4 is 21.8 Å². The number of ether oxygens (including phenoxy) is 1. The number of halogens is 4. The van der Waals surface area contributed by atoms with Crippen LogP contribution in [0.25, 0.3) is 0 Å². The maximum atomic E-state index is 12.6. The van der Waals surface area contributed by atoms with E-state index in [4.69, 9.17) is 4.74 Å². The molecule has 0 radical (unpaired) electrons. The summed E-state index contributed by atoms with van der Waals surface area (Å²) in [5.41, 5.74) is -0.611. The number of alkyl halides is 3. The van der Waals surface area contributed by atoms with Crippen molar-refractivity contribution in [1.29, 1.82) is 0 Å². The van der Waals surface area contributed by atoms with Crippen LogP contribution in [0, 0.1) is 0 Å². The van der Waals surface area contributed by atoms with Gasteiger partial charge >= 0.3 is 6.18 Å². The molecule has 1 fully saturated rings. The fourth-order valence-corrected chi connectivity index (χ4v) is 2.41. The molecule has 1 unspecified atom stereocenters. The van der Waals surface area contributed by atoms with Crippen molar-refractivity contribution in [2.75, 3.05) is 13.2 Å². The van der Waals surface area contributed by atoms with Crippen LogP contribution in [0.15, 0.2) is 22.7 Å². The minimum Gasteiger partial charge on any atom is -0.379 e. The highest BCUT2D eigenvalue weighted by Gasteiger charge is 2.33. The lowest BCUT2D eigenvalue weighted by molar-refractivity contribution is -0.138. The van der Waals surface area contributed by atoms with Gasteiger partial charge in [-0.15, -0.1) is 0 Å². The maximum absolute atomic E-state index is 12.6. The summed E-state index contributed by atoms with van der Waals surface area (Å²) >= 11 is 2.84. The molecule has 1 amide bonds. The molecule has 1 aromatic rings. The van der Waals surface area contributed by atoms with Crippen molar-refractivity contribution in [1.82, 2.24) is 5.32 Å². The zero-order chi connectivity index (χ0) is 14.0. The number of carbonyl (C=O) groups excluding carboxylic acids is 1. The van der Waals surface area contributed by atoms with Gasteiger partial charge in [-0.1, -0.05) is 15.9 Å². The van der Waals surface area contributed by atoms with E-state index >= 15 is 0 Å². The third kappa shape index (κ3) is 3.48. The molecule has 1 aliphatic rings. The molecule has 0 aliphatic carbocycles. The topological polar surface area (TPSA) is 38.3 Å². The van der Waals surface area contributed by atoms with Gasteiger partial charge in [0.15, 0.2) is 0 Å². The van der Waals surface area contributed by atoms with Gasteiger partial charge in [0.1, 0.15) is 0 Å². The van der Waals surface area contributed by atoms with Crippen LogP contribution in [0.2, 0.25) is 0 Å². The van der Waals surface area contributed by atoms with Crippen LogP contribution >= 0.6 is 15.9 Å². The second-order valence-corrected chi connectivity index (χ2v) is 5.08. The van der Waals surface area contributed by atoms with Gasteiger partial charge in [-0.25, -0.2) is 0 Å². The highest BCUT2D eigenvalue weighted by atomic mass is 79.9. The van der Waals surface area contributed by atoms with E-state index in [1.165, 1.54) is 12.1 Å². The molecular formula is C12H11BrF3NO2. The molecule has 2 rings (SSSR count). The lowest BCUT2D eigenvalue weighted by Crippen LogP contribution is -2.35. The molecule has 104 valence electrons. The average molecular weight is 338 g/mol. The van der Waals surface area contributed by atoms with Gasteiger partial charge < -0.3 is 10.1 Å². The zero-order valence-corrected chi connectivity index (χ0v) is 11.3. The van der Waals surface area contributed by atoms with Crippen molar-refractivity contribution in [2.45, 2.75) is 18.6 Å². The highest BCUT2D eigenvalue weighted by molar-refractivity contribution is 9.10. The van der Waals surface area contributed by atoms with Crippen LogP contribution in [0.4, 0.5) is 13.2 Å². The van der Waals surface area contributed by atoms with Crippen LogP contribution in [0.5, 0.6) is 0 Å². The fourth-order valence-electron chi connectivity index (χ4n) is 1.80. The molecule has 1 aromatic carbocycles. The molecule has 1 saturated heterocycles. The summed E-state index contributed by atoms with van der Waals surface area (Å²) in [6.07, 6.45) is -3.72. The molecule has 19 heavy (non-hydrogen) atoms. The van der Waals surface area contributed by atoms with Crippen LogP contribution < -0.4 is 5.32 Å². The van der Waals surface area contributed by atoms with Crippen LogP contribution in [0.3, 0.4) is 0 Å².